The summed E-state index contributed by atoms with van der Waals surface area (Å²) in [6.45, 7) is 0. The number of sulfonamides is 1. The molecule has 10 heteroatoms. The van der Waals surface area contributed by atoms with Gasteiger partial charge in [0.25, 0.3) is 15.6 Å². The van der Waals surface area contributed by atoms with Crippen molar-refractivity contribution in [1.29, 1.82) is 0 Å². The molecule has 9 nitrogen and oxygen atoms in total. The Bertz CT molecular complexity index is 1920. The summed E-state index contributed by atoms with van der Waals surface area (Å²) in [5.41, 5.74) is 0.706. The van der Waals surface area contributed by atoms with Gasteiger partial charge in [-0.25, -0.2) is 13.0 Å². The molecular weight excluding hydrogens is 530 g/mol. The number of pyridine rings is 1. The molecule has 1 aromatic heterocycles. The van der Waals surface area contributed by atoms with Crippen LogP contribution in [0.2, 0.25) is 0 Å². The molecule has 202 valence electrons. The number of methoxy groups -OCH3 is 2. The highest BCUT2D eigenvalue weighted by Gasteiger charge is 2.20. The minimum Gasteiger partial charge on any atom is -0.495 e. The van der Waals surface area contributed by atoms with Crippen molar-refractivity contribution < 1.29 is 23.0 Å². The molecule has 0 atom stereocenters. The third-order valence-electron chi connectivity index (χ3n) is 6.26. The molecule has 1 heterocycles. The van der Waals surface area contributed by atoms with Crippen molar-refractivity contribution in [3.63, 3.8) is 0 Å². The molecule has 40 heavy (non-hydrogen) atoms. The van der Waals surface area contributed by atoms with Crippen LogP contribution in [0, 0.1) is 0 Å². The Kier molecular flexibility index (Phi) is 7.26. The zero-order valence-electron chi connectivity index (χ0n) is 21.6. The van der Waals surface area contributed by atoms with Crippen molar-refractivity contribution in [2.45, 2.75) is 4.90 Å². The van der Waals surface area contributed by atoms with Gasteiger partial charge in [-0.2, -0.15) is 0 Å². The van der Waals surface area contributed by atoms with Gasteiger partial charge in [-0.1, -0.05) is 48.5 Å². The van der Waals surface area contributed by atoms with Gasteiger partial charge in [0.2, 0.25) is 5.88 Å². The van der Waals surface area contributed by atoms with Crippen LogP contribution in [0.1, 0.15) is 5.56 Å². The van der Waals surface area contributed by atoms with Gasteiger partial charge in [-0.3, -0.25) is 14.5 Å². The number of benzene rings is 4. The second-order valence-electron chi connectivity index (χ2n) is 8.66. The number of aliphatic imine (C=N–C) groups is 1. The minimum atomic E-state index is -4.08. The van der Waals surface area contributed by atoms with E-state index in [-0.39, 0.29) is 21.8 Å². The van der Waals surface area contributed by atoms with Crippen LogP contribution >= 0.6 is 0 Å². The first-order valence-corrected chi connectivity index (χ1v) is 13.6. The molecule has 5 aromatic rings. The fourth-order valence-electron chi connectivity index (χ4n) is 4.32. The number of anilines is 1. The topological polar surface area (TPSA) is 119 Å². The molecular formula is C30H25N3O6S. The van der Waals surface area contributed by atoms with E-state index in [0.717, 1.165) is 4.57 Å². The van der Waals surface area contributed by atoms with Crippen molar-refractivity contribution in [3.8, 4) is 23.1 Å². The highest BCUT2D eigenvalue weighted by atomic mass is 32.2. The summed E-state index contributed by atoms with van der Waals surface area (Å²) in [5, 5.41) is 12.2. The molecule has 0 aliphatic carbocycles. The summed E-state index contributed by atoms with van der Waals surface area (Å²) < 4.78 is 40.7. The largest absolute Gasteiger partial charge is 0.495 e. The number of hydrogen-bond donors (Lipinski definition) is 2. The van der Waals surface area contributed by atoms with Crippen LogP contribution < -0.4 is 19.8 Å². The number of nitrogens with zero attached hydrogens (tertiary/aromatic N) is 2. The fourth-order valence-corrected chi connectivity index (χ4v) is 5.43. The van der Waals surface area contributed by atoms with Gasteiger partial charge in [0.05, 0.1) is 36.1 Å². The standard InChI is InChI=1S/C30H25N3O6S/c1-38-27-16-7-5-14-25(27)31-19-24-22-12-3-4-13-23(22)29(34)33(30(24)35)20-10-9-11-21(18-20)40(36,37)32-26-15-6-8-17-28(26)39-2/h3-19,32,35H,1-2H3. The van der Waals surface area contributed by atoms with Crippen LogP contribution in [0.5, 0.6) is 17.4 Å². The van der Waals surface area contributed by atoms with Crippen molar-refractivity contribution in [1.82, 2.24) is 4.57 Å². The number of aromatic nitrogens is 1. The van der Waals surface area contributed by atoms with E-state index < -0.39 is 21.5 Å². The SMILES string of the molecule is COc1ccccc1N=Cc1c(O)n(-c2cccc(S(=O)(=O)Nc3ccccc3OC)c2)c(=O)c2ccccc12. The van der Waals surface area contributed by atoms with Crippen molar-refractivity contribution in [2.24, 2.45) is 4.99 Å². The first-order chi connectivity index (χ1) is 19.3. The molecule has 0 unspecified atom stereocenters. The van der Waals surface area contributed by atoms with Crippen LogP contribution in [0.25, 0.3) is 16.5 Å². The van der Waals surface area contributed by atoms with Crippen LogP contribution in [0.15, 0.2) is 112 Å². The number of para-hydroxylation sites is 4. The summed E-state index contributed by atoms with van der Waals surface area (Å²) in [6.07, 6.45) is 1.45. The molecule has 0 aliphatic heterocycles. The maximum absolute atomic E-state index is 13.6. The van der Waals surface area contributed by atoms with E-state index in [9.17, 15) is 18.3 Å². The van der Waals surface area contributed by atoms with Crippen LogP contribution in [-0.2, 0) is 10.0 Å². The predicted molar refractivity (Wildman–Crippen MR) is 155 cm³/mol. The van der Waals surface area contributed by atoms with Crippen LogP contribution in [-0.4, -0.2) is 38.5 Å². The summed E-state index contributed by atoms with van der Waals surface area (Å²) in [7, 11) is -1.10. The molecule has 0 bridgehead atoms. The average Bonchev–Trinajstić information content (AvgIpc) is 2.97. The van der Waals surface area contributed by atoms with Gasteiger partial charge in [0.1, 0.15) is 17.2 Å². The van der Waals surface area contributed by atoms with E-state index in [1.807, 2.05) is 6.07 Å². The Morgan fingerprint density at radius 1 is 0.825 bits per heavy atom. The highest BCUT2D eigenvalue weighted by Crippen LogP contribution is 2.31. The minimum absolute atomic E-state index is 0.111. The van der Waals surface area contributed by atoms with E-state index in [4.69, 9.17) is 9.47 Å². The number of ether oxygens (including phenoxy) is 2. The Morgan fingerprint density at radius 3 is 2.23 bits per heavy atom. The Labute approximate surface area is 230 Å². The maximum atomic E-state index is 13.6. The second kappa shape index (κ2) is 11.0. The molecule has 0 amide bonds. The molecule has 0 aliphatic rings. The lowest BCUT2D eigenvalue weighted by Gasteiger charge is -2.15. The lowest BCUT2D eigenvalue weighted by Crippen LogP contribution is -2.21. The van der Waals surface area contributed by atoms with Crippen LogP contribution in [0.4, 0.5) is 11.4 Å². The zero-order chi connectivity index (χ0) is 28.3. The van der Waals surface area contributed by atoms with Gasteiger partial charge in [-0.15, -0.1) is 0 Å². The predicted octanol–water partition coefficient (Wildman–Crippen LogP) is 5.26. The molecule has 4 aromatic carbocycles. The Morgan fingerprint density at radius 2 is 1.48 bits per heavy atom. The zero-order valence-corrected chi connectivity index (χ0v) is 22.4. The Balaban J connectivity index is 1.64. The van der Waals surface area contributed by atoms with E-state index >= 15 is 0 Å². The number of nitrogens with one attached hydrogen (secondary N) is 1. The van der Waals surface area contributed by atoms with Gasteiger partial charge >= 0.3 is 0 Å². The summed E-state index contributed by atoms with van der Waals surface area (Å²) in [6, 6.07) is 26.3. The second-order valence-corrected chi connectivity index (χ2v) is 10.3. The summed E-state index contributed by atoms with van der Waals surface area (Å²) in [4.78, 5) is 18.0. The molecule has 0 radical (unpaired) electrons. The van der Waals surface area contributed by atoms with Crippen molar-refractivity contribution in [3.05, 3.63) is 113 Å². The van der Waals surface area contributed by atoms with Crippen molar-refractivity contribution in [2.75, 3.05) is 18.9 Å². The molecule has 0 saturated carbocycles. The van der Waals surface area contributed by atoms with Gasteiger partial charge in [0.15, 0.2) is 0 Å². The van der Waals surface area contributed by atoms with Gasteiger partial charge in [-0.05, 0) is 48.5 Å². The van der Waals surface area contributed by atoms with Crippen LogP contribution in [0.3, 0.4) is 0 Å². The smallest absolute Gasteiger partial charge is 0.265 e. The maximum Gasteiger partial charge on any atom is 0.265 e. The van der Waals surface area contributed by atoms with E-state index in [1.54, 1.807) is 72.8 Å². The molecule has 0 saturated heterocycles. The van der Waals surface area contributed by atoms with E-state index in [2.05, 4.69) is 9.71 Å². The molecule has 5 rings (SSSR count). The van der Waals surface area contributed by atoms with Crippen molar-refractivity contribution >= 4 is 38.4 Å². The number of aromatic hydroxyl groups is 1. The van der Waals surface area contributed by atoms with E-state index in [0.29, 0.717) is 28.0 Å². The fraction of sp³-hybridized carbons (Fsp3) is 0.0667. The lowest BCUT2D eigenvalue weighted by molar-refractivity contribution is 0.416. The highest BCUT2D eigenvalue weighted by molar-refractivity contribution is 7.92. The average molecular weight is 556 g/mol. The summed E-state index contributed by atoms with van der Waals surface area (Å²) >= 11 is 0. The lowest BCUT2D eigenvalue weighted by atomic mass is 10.1. The first-order valence-electron chi connectivity index (χ1n) is 12.1. The number of hydrogen-bond acceptors (Lipinski definition) is 7. The first kappa shape index (κ1) is 26.5. The molecule has 0 spiro atoms. The summed E-state index contributed by atoms with van der Waals surface area (Å²) in [5.74, 6) is 0.496. The van der Waals surface area contributed by atoms with Gasteiger partial charge in [0, 0.05) is 17.0 Å². The monoisotopic (exact) mass is 555 g/mol. The third kappa shape index (κ3) is 4.99. The number of fused-ring (bicyclic) bond motifs is 1. The number of rotatable bonds is 8. The molecule has 2 N–H and O–H groups in total. The molecule has 0 fully saturated rings. The normalized spacial score (nSPS) is 11.6. The quantitative estimate of drug-likeness (QED) is 0.252. The third-order valence-corrected chi connectivity index (χ3v) is 7.62. The Hall–Kier alpha value is -5.09. The van der Waals surface area contributed by atoms with Gasteiger partial charge < -0.3 is 14.6 Å². The van der Waals surface area contributed by atoms with E-state index in [1.165, 1.54) is 38.6 Å².